The lowest BCUT2D eigenvalue weighted by molar-refractivity contribution is 0.446. The summed E-state index contributed by atoms with van der Waals surface area (Å²) in [6.07, 6.45) is 3.94. The molecule has 0 aliphatic rings. The maximum atomic E-state index is 11.7. The van der Waals surface area contributed by atoms with E-state index in [2.05, 4.69) is 168 Å². The molecule has 4 aromatic carbocycles. The van der Waals surface area contributed by atoms with E-state index < -0.39 is 0 Å². The van der Waals surface area contributed by atoms with Crippen LogP contribution in [-0.4, -0.2) is 19.5 Å². The van der Waals surface area contributed by atoms with Gasteiger partial charge in [-0.1, -0.05) is 120 Å². The van der Waals surface area contributed by atoms with Gasteiger partial charge >= 0.3 is 0 Å². The van der Waals surface area contributed by atoms with Gasteiger partial charge < -0.3 is 9.51 Å². The predicted octanol–water partition coefficient (Wildman–Crippen LogP) is 11.7. The van der Waals surface area contributed by atoms with E-state index in [1.165, 1.54) is 16.7 Å². The molecule has 0 saturated heterocycles. The Morgan fingerprint density at radius 1 is 0.571 bits per heavy atom. The first kappa shape index (κ1) is 32.1. The van der Waals surface area contributed by atoms with E-state index in [4.69, 9.17) is 9.97 Å². The van der Waals surface area contributed by atoms with E-state index in [0.717, 1.165) is 61.7 Å². The molecule has 1 N–H and O–H groups in total. The third-order valence-electron chi connectivity index (χ3n) is 9.48. The lowest BCUT2D eigenvalue weighted by atomic mass is 9.78. The molecule has 0 saturated carbocycles. The average molecular weight is 642 g/mol. The van der Waals surface area contributed by atoms with Crippen molar-refractivity contribution in [3.05, 3.63) is 144 Å². The van der Waals surface area contributed by atoms with Crippen LogP contribution >= 0.6 is 0 Å². The number of hydrogen-bond acceptors (Lipinski definition) is 3. The van der Waals surface area contributed by atoms with Crippen LogP contribution in [0.25, 0.3) is 61.5 Å². The smallest absolute Gasteiger partial charge is 0.145 e. The summed E-state index contributed by atoms with van der Waals surface area (Å²) in [6, 6.07) is 40.4. The highest BCUT2D eigenvalue weighted by atomic mass is 16.3. The highest BCUT2D eigenvalue weighted by molar-refractivity contribution is 5.85. The van der Waals surface area contributed by atoms with Crippen molar-refractivity contribution in [3.8, 4) is 61.6 Å². The molecule has 7 rings (SSSR count). The Labute approximate surface area is 289 Å². The van der Waals surface area contributed by atoms with Gasteiger partial charge in [0, 0.05) is 40.3 Å². The molecule has 0 atom stereocenters. The van der Waals surface area contributed by atoms with Gasteiger partial charge in [-0.05, 0) is 87.5 Å². The molecule has 7 aromatic rings. The number of aromatic hydroxyl groups is 1. The van der Waals surface area contributed by atoms with E-state index in [1.807, 2.05) is 12.3 Å². The Balaban J connectivity index is 1.28. The zero-order valence-electron chi connectivity index (χ0n) is 29.4. The molecule has 49 heavy (non-hydrogen) atoms. The zero-order valence-corrected chi connectivity index (χ0v) is 29.4. The summed E-state index contributed by atoms with van der Waals surface area (Å²) in [6.45, 7) is 15.2. The predicted molar refractivity (Wildman–Crippen MR) is 204 cm³/mol. The van der Waals surface area contributed by atoms with Crippen LogP contribution in [0.4, 0.5) is 0 Å². The van der Waals surface area contributed by atoms with Crippen LogP contribution in [0.2, 0.25) is 0 Å². The first-order chi connectivity index (χ1) is 23.4. The topological polar surface area (TPSA) is 50.4 Å². The van der Waals surface area contributed by atoms with E-state index in [0.29, 0.717) is 5.75 Å². The van der Waals surface area contributed by atoms with Gasteiger partial charge in [-0.3, -0.25) is 4.98 Å². The third-order valence-corrected chi connectivity index (χ3v) is 9.48. The number of phenols is 1. The molecule has 0 fully saturated rings. The maximum absolute atomic E-state index is 11.7. The van der Waals surface area contributed by atoms with Gasteiger partial charge in [-0.15, -0.1) is 0 Å². The van der Waals surface area contributed by atoms with Crippen LogP contribution in [0.15, 0.2) is 128 Å². The highest BCUT2D eigenvalue weighted by Crippen LogP contribution is 2.43. The Morgan fingerprint density at radius 3 is 1.92 bits per heavy atom. The Bertz CT molecular complexity index is 2300. The molecule has 4 nitrogen and oxygen atoms in total. The van der Waals surface area contributed by atoms with Crippen molar-refractivity contribution in [2.45, 2.75) is 59.3 Å². The number of aryl methyl sites for hydroxylation is 1. The number of fused-ring (bicyclic) bond motifs is 1. The molecule has 3 aromatic heterocycles. The third kappa shape index (κ3) is 6.15. The first-order valence-corrected chi connectivity index (χ1v) is 17.0. The Kier molecular flexibility index (Phi) is 7.99. The van der Waals surface area contributed by atoms with Gasteiger partial charge in [0.05, 0.1) is 11.4 Å². The SMILES string of the molecule is Cc1c(-c2cc(C(C)(C)C)cc(C(C)(C)C)c2O)nc2c(-c3cccc(-c4cc(-c5ccc(-c6ccccc6)cc5)ccn4)c3)cccn12. The number of benzene rings is 4. The van der Waals surface area contributed by atoms with E-state index >= 15 is 0 Å². The summed E-state index contributed by atoms with van der Waals surface area (Å²) in [5, 5.41) is 11.7. The summed E-state index contributed by atoms with van der Waals surface area (Å²) in [4.78, 5) is 10.0. The monoisotopic (exact) mass is 641 g/mol. The fraction of sp³-hybridized carbons (Fsp3) is 0.200. The van der Waals surface area contributed by atoms with Crippen molar-refractivity contribution in [2.24, 2.45) is 0 Å². The van der Waals surface area contributed by atoms with Crippen molar-refractivity contribution < 1.29 is 5.11 Å². The number of aromatic nitrogens is 3. The second-order valence-corrected chi connectivity index (χ2v) is 15.0. The van der Waals surface area contributed by atoms with Crippen molar-refractivity contribution in [3.63, 3.8) is 0 Å². The summed E-state index contributed by atoms with van der Waals surface area (Å²) in [7, 11) is 0. The van der Waals surface area contributed by atoms with E-state index in [-0.39, 0.29) is 10.8 Å². The van der Waals surface area contributed by atoms with Crippen LogP contribution in [0.5, 0.6) is 5.75 Å². The van der Waals surface area contributed by atoms with Gasteiger partial charge in [0.15, 0.2) is 0 Å². The molecule has 244 valence electrons. The summed E-state index contributed by atoms with van der Waals surface area (Å²) in [5.74, 6) is 0.302. The van der Waals surface area contributed by atoms with Crippen molar-refractivity contribution in [1.29, 1.82) is 0 Å². The van der Waals surface area contributed by atoms with Crippen LogP contribution in [0, 0.1) is 6.92 Å². The fourth-order valence-corrected chi connectivity index (χ4v) is 6.59. The Hall–Kier alpha value is -5.48. The van der Waals surface area contributed by atoms with E-state index in [9.17, 15) is 5.11 Å². The summed E-state index contributed by atoms with van der Waals surface area (Å²) in [5.41, 5.74) is 13.9. The van der Waals surface area contributed by atoms with Gasteiger partial charge in [0.2, 0.25) is 0 Å². The Morgan fingerprint density at radius 2 is 1.22 bits per heavy atom. The molecular weight excluding hydrogens is 599 g/mol. The molecule has 4 heteroatoms. The van der Waals surface area contributed by atoms with Gasteiger partial charge in [-0.2, -0.15) is 0 Å². The zero-order chi connectivity index (χ0) is 34.5. The average Bonchev–Trinajstić information content (AvgIpc) is 3.44. The minimum absolute atomic E-state index is 0.0853. The molecule has 0 spiro atoms. The van der Waals surface area contributed by atoms with Crippen molar-refractivity contribution in [1.82, 2.24) is 14.4 Å². The van der Waals surface area contributed by atoms with Crippen molar-refractivity contribution in [2.75, 3.05) is 0 Å². The quantitative estimate of drug-likeness (QED) is 0.203. The number of pyridine rings is 2. The molecule has 0 aliphatic carbocycles. The molecule has 0 aliphatic heterocycles. The normalized spacial score (nSPS) is 12.1. The second kappa shape index (κ2) is 12.2. The minimum Gasteiger partial charge on any atom is -0.507 e. The fourth-order valence-electron chi connectivity index (χ4n) is 6.59. The van der Waals surface area contributed by atoms with Crippen LogP contribution in [0.3, 0.4) is 0 Å². The lowest BCUT2D eigenvalue weighted by Gasteiger charge is -2.27. The molecule has 0 amide bonds. The number of imidazole rings is 1. The molecule has 3 heterocycles. The number of nitrogens with zero attached hydrogens (tertiary/aromatic N) is 3. The van der Waals surface area contributed by atoms with Crippen molar-refractivity contribution >= 4 is 5.65 Å². The van der Waals surface area contributed by atoms with Gasteiger partial charge in [0.25, 0.3) is 0 Å². The maximum Gasteiger partial charge on any atom is 0.145 e. The standard InChI is InChI=1S/C45H43N3O/c1-29-41(38-27-36(44(2,3)4)28-39(42(38)49)45(5,6)7)47-43-37(17-12-24-48(29)43)34-15-11-16-35(25-34)40-26-33(22-23-46-40)32-20-18-31(19-21-32)30-13-9-8-10-14-30/h8-28,49H,1-7H3. The number of phenolic OH excluding ortho intramolecular Hbond substituents is 1. The van der Waals surface area contributed by atoms with Gasteiger partial charge in [-0.25, -0.2) is 4.98 Å². The number of rotatable bonds is 5. The van der Waals surface area contributed by atoms with Gasteiger partial charge in [0.1, 0.15) is 11.4 Å². The van der Waals surface area contributed by atoms with E-state index in [1.54, 1.807) is 0 Å². The largest absolute Gasteiger partial charge is 0.507 e. The molecule has 0 radical (unpaired) electrons. The molecular formula is C45H43N3O. The first-order valence-electron chi connectivity index (χ1n) is 17.0. The summed E-state index contributed by atoms with van der Waals surface area (Å²) >= 11 is 0. The minimum atomic E-state index is -0.226. The lowest BCUT2D eigenvalue weighted by Crippen LogP contribution is -2.17. The van der Waals surface area contributed by atoms with Crippen LogP contribution in [0.1, 0.15) is 58.4 Å². The second-order valence-electron chi connectivity index (χ2n) is 15.0. The van der Waals surface area contributed by atoms with Crippen LogP contribution < -0.4 is 0 Å². The number of hydrogen-bond donors (Lipinski definition) is 1. The van der Waals surface area contributed by atoms with Crippen LogP contribution in [-0.2, 0) is 10.8 Å². The molecule has 0 unspecified atom stereocenters. The summed E-state index contributed by atoms with van der Waals surface area (Å²) < 4.78 is 2.13. The molecule has 0 bridgehead atoms. The highest BCUT2D eigenvalue weighted by Gasteiger charge is 2.27.